The second-order valence-corrected chi connectivity index (χ2v) is 7.31. The van der Waals surface area contributed by atoms with Crippen molar-refractivity contribution in [1.82, 2.24) is 24.5 Å². The summed E-state index contributed by atoms with van der Waals surface area (Å²) >= 11 is 3.44. The number of halogens is 1. The molecule has 0 bridgehead atoms. The van der Waals surface area contributed by atoms with E-state index in [1.165, 1.54) is 6.33 Å². The summed E-state index contributed by atoms with van der Waals surface area (Å²) in [6.07, 6.45) is 3.53. The molecule has 1 aliphatic heterocycles. The van der Waals surface area contributed by atoms with Crippen LogP contribution in [0, 0.1) is 6.92 Å². The van der Waals surface area contributed by atoms with E-state index < -0.39 is 0 Å². The van der Waals surface area contributed by atoms with Crippen LogP contribution in [0.15, 0.2) is 41.1 Å². The number of carbonyl (C=O) groups is 1. The highest BCUT2D eigenvalue weighted by Gasteiger charge is 2.27. The molecule has 1 saturated heterocycles. The van der Waals surface area contributed by atoms with Crippen LogP contribution in [0.2, 0.25) is 0 Å². The van der Waals surface area contributed by atoms with E-state index in [9.17, 15) is 4.79 Å². The van der Waals surface area contributed by atoms with Gasteiger partial charge in [-0.2, -0.15) is 10.1 Å². The minimum atomic E-state index is 0.0756. The molecule has 3 aromatic rings. The maximum absolute atomic E-state index is 12.9. The van der Waals surface area contributed by atoms with Gasteiger partial charge in [-0.3, -0.25) is 4.79 Å². The number of carbonyl (C=O) groups excluding carboxylic acids is 1. The first-order valence-electron chi connectivity index (χ1n) is 8.34. The lowest BCUT2D eigenvalue weighted by Gasteiger charge is -2.33. The zero-order valence-electron chi connectivity index (χ0n) is 13.9. The van der Waals surface area contributed by atoms with Gasteiger partial charge >= 0.3 is 0 Å². The van der Waals surface area contributed by atoms with E-state index in [4.69, 9.17) is 0 Å². The lowest BCUT2D eigenvalue weighted by molar-refractivity contribution is 0.0705. The molecule has 2 aromatic heterocycles. The first-order chi connectivity index (χ1) is 12.1. The normalized spacial score (nSPS) is 17.8. The Kier molecular flexibility index (Phi) is 4.25. The van der Waals surface area contributed by atoms with Crippen LogP contribution < -0.4 is 0 Å². The molecule has 0 N–H and O–H groups in total. The van der Waals surface area contributed by atoms with Gasteiger partial charge in [0.15, 0.2) is 0 Å². The summed E-state index contributed by atoms with van der Waals surface area (Å²) in [7, 11) is 0. The quantitative estimate of drug-likeness (QED) is 0.663. The van der Waals surface area contributed by atoms with Crippen molar-refractivity contribution in [3.63, 3.8) is 0 Å². The Labute approximate surface area is 154 Å². The number of nitrogens with zero attached hydrogens (tertiary/aromatic N) is 5. The molecule has 0 radical (unpaired) electrons. The molecule has 6 nitrogen and oxygen atoms in total. The van der Waals surface area contributed by atoms with Crippen molar-refractivity contribution >= 4 is 27.6 Å². The summed E-state index contributed by atoms with van der Waals surface area (Å²) in [6, 6.07) is 9.61. The third-order valence-corrected chi connectivity index (χ3v) is 5.10. The van der Waals surface area contributed by atoms with Crippen LogP contribution in [-0.4, -0.2) is 43.5 Å². The number of benzene rings is 1. The number of piperidine rings is 1. The third-order valence-electron chi connectivity index (χ3n) is 4.61. The van der Waals surface area contributed by atoms with E-state index >= 15 is 0 Å². The number of hydrogen-bond donors (Lipinski definition) is 0. The molecule has 4 rings (SSSR count). The predicted octanol–water partition coefficient (Wildman–Crippen LogP) is 3.22. The van der Waals surface area contributed by atoms with Gasteiger partial charge < -0.3 is 4.90 Å². The van der Waals surface area contributed by atoms with Gasteiger partial charge in [-0.25, -0.2) is 9.50 Å². The number of likely N-dealkylation sites (tertiary alicyclic amines) is 1. The fraction of sp³-hybridized carbons (Fsp3) is 0.333. The molecule has 1 amide bonds. The maximum Gasteiger partial charge on any atom is 0.253 e. The van der Waals surface area contributed by atoms with Crippen molar-refractivity contribution in [2.45, 2.75) is 25.7 Å². The van der Waals surface area contributed by atoms with E-state index in [1.807, 2.05) is 36.1 Å². The Hall–Kier alpha value is -2.28. The Balaban J connectivity index is 1.62. The zero-order valence-corrected chi connectivity index (χ0v) is 15.5. The van der Waals surface area contributed by atoms with Gasteiger partial charge in [0.05, 0.1) is 5.69 Å². The fourth-order valence-electron chi connectivity index (χ4n) is 3.46. The number of fused-ring (bicyclic) bond motifs is 1. The maximum atomic E-state index is 12.9. The first kappa shape index (κ1) is 16.2. The molecular formula is C18H18BrN5O. The van der Waals surface area contributed by atoms with Gasteiger partial charge in [0.25, 0.3) is 11.7 Å². The molecule has 1 atom stereocenters. The minimum absolute atomic E-state index is 0.0756. The monoisotopic (exact) mass is 399 g/mol. The van der Waals surface area contributed by atoms with Crippen LogP contribution in [0.1, 0.15) is 40.5 Å². The van der Waals surface area contributed by atoms with E-state index in [1.54, 1.807) is 4.52 Å². The summed E-state index contributed by atoms with van der Waals surface area (Å²) in [5, 5.41) is 4.31. The molecule has 0 spiro atoms. The van der Waals surface area contributed by atoms with Gasteiger partial charge in [0.1, 0.15) is 6.33 Å². The second-order valence-electron chi connectivity index (χ2n) is 6.39. The summed E-state index contributed by atoms with van der Waals surface area (Å²) in [4.78, 5) is 23.4. The number of rotatable bonds is 2. The molecule has 128 valence electrons. The summed E-state index contributed by atoms with van der Waals surface area (Å²) < 4.78 is 2.71. The molecule has 3 heterocycles. The fourth-order valence-corrected chi connectivity index (χ4v) is 3.86. The lowest BCUT2D eigenvalue weighted by atomic mass is 9.93. The SMILES string of the molecule is Cc1cc(C2CCCN(C(=O)c3cccc(Br)c3)C2)n2ncnc2n1. The minimum Gasteiger partial charge on any atom is -0.338 e. The van der Waals surface area contributed by atoms with Gasteiger partial charge in [-0.1, -0.05) is 22.0 Å². The number of hydrogen-bond acceptors (Lipinski definition) is 4. The first-order valence-corrected chi connectivity index (χ1v) is 9.13. The molecule has 1 aliphatic rings. The average Bonchev–Trinajstić information content (AvgIpc) is 3.08. The van der Waals surface area contributed by atoms with E-state index in [2.05, 4.69) is 37.1 Å². The molecule has 0 saturated carbocycles. The van der Waals surface area contributed by atoms with Crippen LogP contribution >= 0.6 is 15.9 Å². The molecule has 1 fully saturated rings. The van der Waals surface area contributed by atoms with E-state index in [0.717, 1.165) is 35.2 Å². The summed E-state index contributed by atoms with van der Waals surface area (Å²) in [5.41, 5.74) is 2.71. The zero-order chi connectivity index (χ0) is 17.4. The van der Waals surface area contributed by atoms with Crippen molar-refractivity contribution in [2.24, 2.45) is 0 Å². The molecule has 1 aromatic carbocycles. The van der Waals surface area contributed by atoms with Gasteiger partial charge in [0, 0.05) is 34.7 Å². The largest absolute Gasteiger partial charge is 0.338 e. The predicted molar refractivity (Wildman–Crippen MR) is 97.5 cm³/mol. The van der Waals surface area contributed by atoms with E-state index in [0.29, 0.717) is 17.9 Å². The summed E-state index contributed by atoms with van der Waals surface area (Å²) in [5.74, 6) is 0.924. The molecule has 0 aliphatic carbocycles. The van der Waals surface area contributed by atoms with Crippen LogP contribution in [0.5, 0.6) is 0 Å². The number of aryl methyl sites for hydroxylation is 1. The third kappa shape index (κ3) is 3.16. The number of amides is 1. The van der Waals surface area contributed by atoms with Crippen LogP contribution in [0.3, 0.4) is 0 Å². The van der Waals surface area contributed by atoms with E-state index in [-0.39, 0.29) is 11.8 Å². The van der Waals surface area contributed by atoms with Crippen LogP contribution in [0.25, 0.3) is 5.78 Å². The van der Waals surface area contributed by atoms with Crippen molar-refractivity contribution in [3.8, 4) is 0 Å². The lowest BCUT2D eigenvalue weighted by Crippen LogP contribution is -2.39. The van der Waals surface area contributed by atoms with Crippen molar-refractivity contribution in [2.75, 3.05) is 13.1 Å². The van der Waals surface area contributed by atoms with Gasteiger partial charge in [0.2, 0.25) is 0 Å². The summed E-state index contributed by atoms with van der Waals surface area (Å²) in [6.45, 7) is 3.43. The Bertz CT molecular complexity index is 938. The van der Waals surface area contributed by atoms with Crippen LogP contribution in [-0.2, 0) is 0 Å². The van der Waals surface area contributed by atoms with Crippen LogP contribution in [0.4, 0.5) is 0 Å². The highest BCUT2D eigenvalue weighted by Crippen LogP contribution is 2.28. The van der Waals surface area contributed by atoms with Crippen molar-refractivity contribution in [1.29, 1.82) is 0 Å². The second kappa shape index (κ2) is 6.55. The Morgan fingerprint density at radius 2 is 2.20 bits per heavy atom. The molecule has 1 unspecified atom stereocenters. The highest BCUT2D eigenvalue weighted by atomic mass is 79.9. The Morgan fingerprint density at radius 1 is 1.32 bits per heavy atom. The smallest absolute Gasteiger partial charge is 0.253 e. The van der Waals surface area contributed by atoms with Gasteiger partial charge in [-0.15, -0.1) is 0 Å². The Morgan fingerprint density at radius 3 is 3.04 bits per heavy atom. The van der Waals surface area contributed by atoms with Gasteiger partial charge in [-0.05, 0) is 44.0 Å². The average molecular weight is 400 g/mol. The topological polar surface area (TPSA) is 63.4 Å². The van der Waals surface area contributed by atoms with Crippen molar-refractivity contribution < 1.29 is 4.79 Å². The molecule has 7 heteroatoms. The number of aromatic nitrogens is 4. The molecule has 25 heavy (non-hydrogen) atoms. The highest BCUT2D eigenvalue weighted by molar-refractivity contribution is 9.10. The standard InChI is InChI=1S/C18H18BrN5O/c1-12-8-16(24-18(22-12)20-11-21-24)14-5-3-7-23(10-14)17(25)13-4-2-6-15(19)9-13/h2,4,6,8-9,11,14H,3,5,7,10H2,1H3. The van der Waals surface area contributed by atoms with Crippen molar-refractivity contribution in [3.05, 3.63) is 58.1 Å². The molecular weight excluding hydrogens is 382 g/mol.